The minimum absolute atomic E-state index is 0.0735. The second-order valence-electron chi connectivity index (χ2n) is 5.42. The van der Waals surface area contributed by atoms with Crippen molar-refractivity contribution in [3.05, 3.63) is 52.8 Å². The number of benzene rings is 1. The Morgan fingerprint density at radius 2 is 1.87 bits per heavy atom. The highest BCUT2D eigenvalue weighted by Crippen LogP contribution is 2.18. The highest BCUT2D eigenvalue weighted by Gasteiger charge is 2.16. The summed E-state index contributed by atoms with van der Waals surface area (Å²) < 4.78 is 12.2. The lowest BCUT2D eigenvalue weighted by Gasteiger charge is -2.08. The number of nitrogens with zero attached hydrogens (tertiary/aromatic N) is 1. The van der Waals surface area contributed by atoms with Crippen LogP contribution in [0.5, 0.6) is 5.75 Å². The zero-order valence-electron chi connectivity index (χ0n) is 13.9. The SMILES string of the molecule is COc1ccccc1CC(=O)OCC(=O)c1cc(C)n(C)c1C. The Bertz CT molecular complexity index is 731. The van der Waals surface area contributed by atoms with E-state index in [4.69, 9.17) is 9.47 Å². The molecule has 0 amide bonds. The lowest BCUT2D eigenvalue weighted by atomic mass is 10.1. The van der Waals surface area contributed by atoms with E-state index in [0.29, 0.717) is 11.3 Å². The standard InChI is InChI=1S/C18H21NO4/c1-12-9-15(13(2)19(12)3)16(20)11-23-18(21)10-14-7-5-6-8-17(14)22-4/h5-9H,10-11H2,1-4H3. The van der Waals surface area contributed by atoms with Gasteiger partial charge in [-0.05, 0) is 26.0 Å². The normalized spacial score (nSPS) is 10.4. The highest BCUT2D eigenvalue weighted by molar-refractivity contribution is 5.99. The van der Waals surface area contributed by atoms with Gasteiger partial charge in [0.25, 0.3) is 0 Å². The number of hydrogen-bond donors (Lipinski definition) is 0. The summed E-state index contributed by atoms with van der Waals surface area (Å²) in [6.45, 7) is 3.55. The maximum atomic E-state index is 12.2. The summed E-state index contributed by atoms with van der Waals surface area (Å²) in [5.74, 6) is -0.0157. The molecule has 5 nitrogen and oxygen atoms in total. The lowest BCUT2D eigenvalue weighted by Crippen LogP contribution is -2.16. The number of esters is 1. The molecule has 0 bridgehead atoms. The third-order valence-corrected chi connectivity index (χ3v) is 3.97. The van der Waals surface area contributed by atoms with Crippen LogP contribution in [0.15, 0.2) is 30.3 Å². The molecule has 0 aliphatic rings. The van der Waals surface area contributed by atoms with Gasteiger partial charge in [0.2, 0.25) is 5.78 Å². The Labute approximate surface area is 135 Å². The monoisotopic (exact) mass is 315 g/mol. The zero-order valence-corrected chi connectivity index (χ0v) is 13.9. The van der Waals surface area contributed by atoms with Gasteiger partial charge in [0.05, 0.1) is 13.5 Å². The molecule has 2 aromatic rings. The van der Waals surface area contributed by atoms with E-state index in [9.17, 15) is 9.59 Å². The summed E-state index contributed by atoms with van der Waals surface area (Å²) in [7, 11) is 3.45. The minimum atomic E-state index is -0.451. The van der Waals surface area contributed by atoms with Crippen molar-refractivity contribution in [2.45, 2.75) is 20.3 Å². The maximum Gasteiger partial charge on any atom is 0.310 e. The number of rotatable bonds is 6. The molecule has 23 heavy (non-hydrogen) atoms. The van der Waals surface area contributed by atoms with Crippen LogP contribution in [-0.2, 0) is 23.0 Å². The van der Waals surface area contributed by atoms with Gasteiger partial charge in [-0.3, -0.25) is 9.59 Å². The molecule has 0 saturated heterocycles. The molecule has 0 saturated carbocycles. The molecule has 1 heterocycles. The smallest absolute Gasteiger partial charge is 0.310 e. The minimum Gasteiger partial charge on any atom is -0.496 e. The van der Waals surface area contributed by atoms with E-state index in [1.165, 1.54) is 0 Å². The number of carbonyl (C=O) groups is 2. The van der Waals surface area contributed by atoms with Crippen LogP contribution in [0.4, 0.5) is 0 Å². The molecule has 1 aromatic heterocycles. The van der Waals surface area contributed by atoms with Crippen LogP contribution >= 0.6 is 0 Å². The molecule has 0 fully saturated rings. The third kappa shape index (κ3) is 3.80. The first-order valence-electron chi connectivity index (χ1n) is 7.37. The van der Waals surface area contributed by atoms with Gasteiger partial charge in [-0.15, -0.1) is 0 Å². The molecular weight excluding hydrogens is 294 g/mol. The lowest BCUT2D eigenvalue weighted by molar-refractivity contribution is -0.141. The van der Waals surface area contributed by atoms with E-state index >= 15 is 0 Å². The number of hydrogen-bond acceptors (Lipinski definition) is 4. The number of ether oxygens (including phenoxy) is 2. The highest BCUT2D eigenvalue weighted by atomic mass is 16.5. The molecule has 0 aliphatic carbocycles. The quantitative estimate of drug-likeness (QED) is 0.607. The topological polar surface area (TPSA) is 57.5 Å². The number of para-hydroxylation sites is 1. The summed E-state index contributed by atoms with van der Waals surface area (Å²) in [5.41, 5.74) is 3.19. The van der Waals surface area contributed by atoms with Gasteiger partial charge in [0, 0.05) is 29.6 Å². The number of aryl methyl sites for hydroxylation is 1. The fraction of sp³-hybridized carbons (Fsp3) is 0.333. The second-order valence-corrected chi connectivity index (χ2v) is 5.42. The van der Waals surface area contributed by atoms with E-state index in [-0.39, 0.29) is 18.8 Å². The van der Waals surface area contributed by atoms with Crippen molar-refractivity contribution in [2.75, 3.05) is 13.7 Å². The van der Waals surface area contributed by atoms with Crippen molar-refractivity contribution < 1.29 is 19.1 Å². The molecule has 0 unspecified atom stereocenters. The van der Waals surface area contributed by atoms with Crippen LogP contribution in [0.3, 0.4) is 0 Å². The van der Waals surface area contributed by atoms with Crippen LogP contribution in [-0.4, -0.2) is 30.0 Å². The first-order valence-corrected chi connectivity index (χ1v) is 7.37. The number of carbonyl (C=O) groups excluding carboxylic acids is 2. The summed E-state index contributed by atoms with van der Waals surface area (Å²) in [6.07, 6.45) is 0.0735. The molecule has 0 radical (unpaired) electrons. The van der Waals surface area contributed by atoms with Crippen molar-refractivity contribution in [3.8, 4) is 5.75 Å². The van der Waals surface area contributed by atoms with Gasteiger partial charge in [0.15, 0.2) is 6.61 Å². The predicted molar refractivity (Wildman–Crippen MR) is 86.9 cm³/mol. The van der Waals surface area contributed by atoms with Crippen molar-refractivity contribution >= 4 is 11.8 Å². The van der Waals surface area contributed by atoms with Gasteiger partial charge in [-0.25, -0.2) is 0 Å². The van der Waals surface area contributed by atoms with E-state index in [2.05, 4.69) is 0 Å². The van der Waals surface area contributed by atoms with Crippen LogP contribution in [0.2, 0.25) is 0 Å². The maximum absolute atomic E-state index is 12.2. The van der Waals surface area contributed by atoms with Crippen molar-refractivity contribution in [3.63, 3.8) is 0 Å². The molecule has 0 N–H and O–H groups in total. The molecular formula is C18H21NO4. The molecule has 0 aliphatic heterocycles. The Kier molecular flexibility index (Phi) is 5.21. The molecule has 0 atom stereocenters. The van der Waals surface area contributed by atoms with Gasteiger partial charge in [-0.2, -0.15) is 0 Å². The zero-order chi connectivity index (χ0) is 17.0. The molecule has 0 spiro atoms. The summed E-state index contributed by atoms with van der Waals surface area (Å²) in [5, 5.41) is 0. The van der Waals surface area contributed by atoms with Crippen molar-refractivity contribution in [1.29, 1.82) is 0 Å². The predicted octanol–water partition coefficient (Wildman–Crippen LogP) is 2.62. The van der Waals surface area contributed by atoms with Gasteiger partial charge >= 0.3 is 5.97 Å². The van der Waals surface area contributed by atoms with Gasteiger partial charge < -0.3 is 14.0 Å². The fourth-order valence-corrected chi connectivity index (χ4v) is 2.42. The number of methoxy groups -OCH3 is 1. The molecule has 5 heteroatoms. The summed E-state index contributed by atoms with van der Waals surface area (Å²) in [4.78, 5) is 24.1. The first-order chi connectivity index (χ1) is 10.9. The Hall–Kier alpha value is -2.56. The Morgan fingerprint density at radius 1 is 1.17 bits per heavy atom. The Morgan fingerprint density at radius 3 is 2.48 bits per heavy atom. The molecule has 122 valence electrons. The average Bonchev–Trinajstić information content (AvgIpc) is 2.80. The van der Waals surface area contributed by atoms with Gasteiger partial charge in [-0.1, -0.05) is 18.2 Å². The largest absolute Gasteiger partial charge is 0.496 e. The summed E-state index contributed by atoms with van der Waals surface area (Å²) >= 11 is 0. The van der Waals surface area contributed by atoms with Crippen LogP contribution in [0.1, 0.15) is 27.3 Å². The third-order valence-electron chi connectivity index (χ3n) is 3.97. The van der Waals surface area contributed by atoms with Crippen LogP contribution in [0.25, 0.3) is 0 Å². The van der Waals surface area contributed by atoms with E-state index in [1.54, 1.807) is 19.2 Å². The van der Waals surface area contributed by atoms with Crippen molar-refractivity contribution in [1.82, 2.24) is 4.57 Å². The molecule has 1 aromatic carbocycles. The van der Waals surface area contributed by atoms with Gasteiger partial charge in [0.1, 0.15) is 5.75 Å². The van der Waals surface area contributed by atoms with Crippen LogP contribution in [0, 0.1) is 13.8 Å². The second kappa shape index (κ2) is 7.13. The fourth-order valence-electron chi connectivity index (χ4n) is 2.42. The number of ketones is 1. The van der Waals surface area contributed by atoms with E-state index in [1.807, 2.05) is 43.7 Å². The number of Topliss-reactive ketones (excluding diaryl/α,β-unsaturated/α-hetero) is 1. The summed E-state index contributed by atoms with van der Waals surface area (Å²) in [6, 6.07) is 9.05. The first kappa shape index (κ1) is 16.8. The average molecular weight is 315 g/mol. The van der Waals surface area contributed by atoms with Crippen LogP contribution < -0.4 is 4.74 Å². The van der Waals surface area contributed by atoms with Crippen molar-refractivity contribution in [2.24, 2.45) is 7.05 Å². The number of aromatic nitrogens is 1. The van der Waals surface area contributed by atoms with E-state index < -0.39 is 5.97 Å². The van der Waals surface area contributed by atoms with E-state index in [0.717, 1.165) is 17.0 Å². The molecule has 2 rings (SSSR count). The Balaban J connectivity index is 1.96.